The van der Waals surface area contributed by atoms with Crippen LogP contribution in [-0.4, -0.2) is 40.8 Å². The second-order valence-electron chi connectivity index (χ2n) is 13.2. The molecule has 4 aromatic carbocycles. The standard InChI is InChI=1S/C20H15F5N2O.C18H11F5N2O/c1-10-18(11-2-4-12(5-3-11)20(23,24)25)19-26-16(9-17(28)27(10)19)14-7-6-13(21)8-15(14)22;19-10-5-6-11(12(20)7-10)16-24-15-13(14(15)17(26)25-16)8-1-3-9(4-2-8)18(21,22)23/h2-10,18-19,26H,1H3;1-7,13-15H,(H,24,25,26). The number of halogens is 10. The van der Waals surface area contributed by atoms with E-state index in [0.717, 1.165) is 42.5 Å². The molecule has 4 aliphatic rings. The van der Waals surface area contributed by atoms with Gasteiger partial charge in [-0.25, -0.2) is 17.6 Å². The smallest absolute Gasteiger partial charge is 0.364 e. The Labute approximate surface area is 300 Å². The van der Waals surface area contributed by atoms with Crippen LogP contribution in [0.25, 0.3) is 5.70 Å². The summed E-state index contributed by atoms with van der Waals surface area (Å²) in [5, 5.41) is 5.55. The SMILES string of the molecule is CC1C(c2ccc(C(F)(F)F)cc2)C2NC(c3ccc(F)cc3F)=CC(=O)N12.O=C1NC(c2ccc(F)cc2F)=NC2C1C2c1ccc(C(F)(F)F)cc1. The summed E-state index contributed by atoms with van der Waals surface area (Å²) in [5.74, 6) is -4.98. The topological polar surface area (TPSA) is 73.8 Å². The maximum absolute atomic E-state index is 14.1. The Morgan fingerprint density at radius 3 is 1.65 bits per heavy atom. The molecule has 2 fully saturated rings. The van der Waals surface area contributed by atoms with E-state index in [1.54, 1.807) is 11.8 Å². The Morgan fingerprint density at radius 1 is 0.648 bits per heavy atom. The number of aliphatic imine (C=N–C) groups is 1. The maximum atomic E-state index is 14.1. The zero-order valence-electron chi connectivity index (χ0n) is 27.6. The number of hydrogen-bond donors (Lipinski definition) is 2. The molecule has 0 radical (unpaired) electrons. The fraction of sp³-hybridized carbons (Fsp3) is 0.237. The van der Waals surface area contributed by atoms with Crippen LogP contribution < -0.4 is 10.6 Å². The minimum absolute atomic E-state index is 0.00293. The maximum Gasteiger partial charge on any atom is 0.416 e. The highest BCUT2D eigenvalue weighted by molar-refractivity contribution is 6.12. The number of carbonyl (C=O) groups is 2. The average molecular weight is 761 g/mol. The predicted molar refractivity (Wildman–Crippen MR) is 174 cm³/mol. The molecular weight excluding hydrogens is 734 g/mol. The van der Waals surface area contributed by atoms with E-state index >= 15 is 0 Å². The number of benzene rings is 4. The second kappa shape index (κ2) is 13.3. The van der Waals surface area contributed by atoms with Crippen molar-refractivity contribution in [3.8, 4) is 0 Å². The molecule has 1 saturated heterocycles. The second-order valence-corrected chi connectivity index (χ2v) is 13.2. The van der Waals surface area contributed by atoms with Gasteiger partial charge in [0.2, 0.25) is 5.91 Å². The van der Waals surface area contributed by atoms with E-state index in [2.05, 4.69) is 15.6 Å². The Kier molecular flexibility index (Phi) is 9.05. The number of nitrogens with one attached hydrogen (secondary N) is 2. The number of rotatable bonds is 4. The van der Waals surface area contributed by atoms with Crippen molar-refractivity contribution in [2.45, 2.75) is 49.4 Å². The summed E-state index contributed by atoms with van der Waals surface area (Å²) in [6.07, 6.45) is -8.14. The first-order valence-electron chi connectivity index (χ1n) is 16.4. The van der Waals surface area contributed by atoms with Crippen molar-refractivity contribution in [1.29, 1.82) is 0 Å². The van der Waals surface area contributed by atoms with Gasteiger partial charge >= 0.3 is 12.4 Å². The lowest BCUT2D eigenvalue weighted by molar-refractivity contribution is -0.143. The van der Waals surface area contributed by atoms with Crippen molar-refractivity contribution >= 4 is 23.3 Å². The normalized spacial score (nSPS) is 24.4. The molecule has 280 valence electrons. The summed E-state index contributed by atoms with van der Waals surface area (Å²) >= 11 is 0. The van der Waals surface area contributed by atoms with Crippen LogP contribution in [0, 0.1) is 29.2 Å². The van der Waals surface area contributed by atoms with E-state index in [1.807, 2.05) is 0 Å². The number of hydrogen-bond acceptors (Lipinski definition) is 4. The average Bonchev–Trinajstić information content (AvgIpc) is 3.82. The first-order valence-corrected chi connectivity index (χ1v) is 16.4. The monoisotopic (exact) mass is 760 g/mol. The lowest BCUT2D eigenvalue weighted by Gasteiger charge is -2.56. The number of alkyl halides is 6. The Morgan fingerprint density at radius 2 is 1.15 bits per heavy atom. The lowest BCUT2D eigenvalue weighted by atomic mass is 9.78. The number of nitrogens with zero attached hydrogens (tertiary/aromatic N) is 2. The molecule has 1 aliphatic carbocycles. The van der Waals surface area contributed by atoms with Crippen LogP contribution in [0.15, 0.2) is 96.0 Å². The summed E-state index contributed by atoms with van der Waals surface area (Å²) in [6.45, 7) is 1.80. The third-order valence-electron chi connectivity index (χ3n) is 9.88. The zero-order valence-corrected chi connectivity index (χ0v) is 27.6. The third-order valence-corrected chi connectivity index (χ3v) is 9.88. The largest absolute Gasteiger partial charge is 0.416 e. The van der Waals surface area contributed by atoms with Gasteiger partial charge in [-0.05, 0) is 66.6 Å². The fourth-order valence-electron chi connectivity index (χ4n) is 7.15. The lowest BCUT2D eigenvalue weighted by Crippen LogP contribution is -2.69. The molecule has 54 heavy (non-hydrogen) atoms. The van der Waals surface area contributed by atoms with Crippen molar-refractivity contribution in [2.24, 2.45) is 10.9 Å². The van der Waals surface area contributed by atoms with E-state index in [1.165, 1.54) is 42.5 Å². The number of carbonyl (C=O) groups excluding carboxylic acids is 2. The predicted octanol–water partition coefficient (Wildman–Crippen LogP) is 7.91. The molecule has 0 bridgehead atoms. The number of fused-ring (bicyclic) bond motifs is 2. The minimum Gasteiger partial charge on any atom is -0.364 e. The van der Waals surface area contributed by atoms with Gasteiger partial charge in [-0.2, -0.15) is 26.3 Å². The molecule has 0 aromatic heterocycles. The molecule has 4 aromatic rings. The fourth-order valence-corrected chi connectivity index (χ4v) is 7.15. The molecule has 3 heterocycles. The van der Waals surface area contributed by atoms with Crippen LogP contribution >= 0.6 is 0 Å². The first kappa shape index (κ1) is 36.7. The first-order chi connectivity index (χ1) is 25.4. The van der Waals surface area contributed by atoms with Crippen LogP contribution in [0.2, 0.25) is 0 Å². The van der Waals surface area contributed by atoms with E-state index < -0.39 is 64.9 Å². The van der Waals surface area contributed by atoms with Crippen molar-refractivity contribution < 1.29 is 53.5 Å². The van der Waals surface area contributed by atoms with E-state index in [4.69, 9.17) is 0 Å². The summed E-state index contributed by atoms with van der Waals surface area (Å²) < 4.78 is 130. The van der Waals surface area contributed by atoms with Crippen molar-refractivity contribution in [2.75, 3.05) is 0 Å². The van der Waals surface area contributed by atoms with Gasteiger partial charge < -0.3 is 15.5 Å². The summed E-state index contributed by atoms with van der Waals surface area (Å²) in [7, 11) is 0. The Balaban J connectivity index is 0.000000167. The zero-order chi connectivity index (χ0) is 38.9. The molecule has 8 rings (SSSR count). The van der Waals surface area contributed by atoms with Gasteiger partial charge in [-0.15, -0.1) is 0 Å². The van der Waals surface area contributed by atoms with Gasteiger partial charge in [0.15, 0.2) is 0 Å². The molecule has 16 heteroatoms. The highest BCUT2D eigenvalue weighted by Gasteiger charge is 2.58. The molecule has 0 spiro atoms. The van der Waals surface area contributed by atoms with Gasteiger partial charge in [-0.3, -0.25) is 14.6 Å². The van der Waals surface area contributed by atoms with E-state index in [9.17, 15) is 53.5 Å². The van der Waals surface area contributed by atoms with Crippen LogP contribution in [0.3, 0.4) is 0 Å². The third kappa shape index (κ3) is 6.80. The molecule has 1 saturated carbocycles. The van der Waals surface area contributed by atoms with Gasteiger partial charge in [0, 0.05) is 41.6 Å². The van der Waals surface area contributed by atoms with Crippen LogP contribution in [-0.2, 0) is 21.9 Å². The van der Waals surface area contributed by atoms with Crippen LogP contribution in [0.1, 0.15) is 52.1 Å². The van der Waals surface area contributed by atoms with Gasteiger partial charge in [-0.1, -0.05) is 24.3 Å². The minimum atomic E-state index is -4.43. The van der Waals surface area contributed by atoms with Gasteiger partial charge in [0.05, 0.1) is 34.3 Å². The molecule has 6 unspecified atom stereocenters. The number of amides is 2. The van der Waals surface area contributed by atoms with Crippen molar-refractivity contribution in [3.05, 3.63) is 148 Å². The Hall–Kier alpha value is -5.67. The highest BCUT2D eigenvalue weighted by Crippen LogP contribution is 2.52. The summed E-state index contributed by atoms with van der Waals surface area (Å²) in [6, 6.07) is 14.6. The van der Waals surface area contributed by atoms with Crippen LogP contribution in [0.5, 0.6) is 0 Å². The van der Waals surface area contributed by atoms with Crippen molar-refractivity contribution in [1.82, 2.24) is 15.5 Å². The molecule has 2 N–H and O–H groups in total. The summed E-state index contributed by atoms with van der Waals surface area (Å²) in [5.41, 5.74) is -0.0758. The van der Waals surface area contributed by atoms with Gasteiger partial charge in [0.1, 0.15) is 35.3 Å². The highest BCUT2D eigenvalue weighted by atomic mass is 19.4. The number of amidine groups is 1. The Bertz CT molecular complexity index is 2200. The van der Waals surface area contributed by atoms with E-state index in [0.29, 0.717) is 17.2 Å². The molecule has 6 atom stereocenters. The molecule has 3 aliphatic heterocycles. The quantitative estimate of drug-likeness (QED) is 0.208. The van der Waals surface area contributed by atoms with Crippen LogP contribution in [0.4, 0.5) is 43.9 Å². The molecule has 6 nitrogen and oxygen atoms in total. The van der Waals surface area contributed by atoms with E-state index in [-0.39, 0.29) is 52.4 Å². The van der Waals surface area contributed by atoms with Gasteiger partial charge in [0.25, 0.3) is 5.91 Å². The van der Waals surface area contributed by atoms with Crippen molar-refractivity contribution in [3.63, 3.8) is 0 Å². The molecular formula is C38H26F10N4O2. The molecule has 2 amide bonds. The summed E-state index contributed by atoms with van der Waals surface area (Å²) in [4.78, 5) is 30.5.